The molecule has 0 aliphatic carbocycles. The summed E-state index contributed by atoms with van der Waals surface area (Å²) in [7, 11) is 0. The molecule has 0 unspecified atom stereocenters. The molecule has 10 heteroatoms. The van der Waals surface area contributed by atoms with Gasteiger partial charge in [-0.25, -0.2) is 15.0 Å². The maximum Gasteiger partial charge on any atom is 0.250 e. The number of nitrogens with zero attached hydrogens (tertiary/aromatic N) is 3. The lowest BCUT2D eigenvalue weighted by Crippen LogP contribution is -2.16. The van der Waals surface area contributed by atoms with Gasteiger partial charge in [-0.1, -0.05) is 106 Å². The molecule has 3 aromatic rings. The fraction of sp³-hybridized carbons (Fsp3) is 0.316. The third-order valence-corrected chi connectivity index (χ3v) is 5.13. The number of hydrogen-bond acceptors (Lipinski definition) is 4. The van der Waals surface area contributed by atoms with Crippen LogP contribution >= 0.6 is 69.6 Å². The zero-order valence-electron chi connectivity index (χ0n) is 15.1. The van der Waals surface area contributed by atoms with E-state index in [0.717, 1.165) is 22.8 Å². The molecule has 29 heavy (non-hydrogen) atoms. The Balaban J connectivity index is 2.19. The molecule has 1 aromatic heterocycles. The number of benzene rings is 2. The van der Waals surface area contributed by atoms with Crippen LogP contribution in [0.5, 0.6) is 0 Å². The SMILES string of the molecule is CCOCCc1ccc(-c2nc(C(Cl)(Cl)Cl)nc(C(Cl)(Cl)Cl)n2)c2ccccc12. The predicted octanol–water partition coefficient (Wildman–Crippen LogP) is 6.92. The maximum absolute atomic E-state index is 5.99. The Hall–Kier alpha value is -0.590. The zero-order chi connectivity index (χ0) is 21.2. The van der Waals surface area contributed by atoms with Gasteiger partial charge in [0.1, 0.15) is 0 Å². The van der Waals surface area contributed by atoms with Gasteiger partial charge in [-0.05, 0) is 29.7 Å². The molecule has 0 bridgehead atoms. The van der Waals surface area contributed by atoms with Crippen molar-refractivity contribution in [2.24, 2.45) is 0 Å². The molecular weight excluding hydrogens is 499 g/mol. The largest absolute Gasteiger partial charge is 0.381 e. The number of halogens is 6. The molecule has 0 aliphatic rings. The minimum atomic E-state index is -1.91. The molecule has 2 aromatic carbocycles. The summed E-state index contributed by atoms with van der Waals surface area (Å²) in [6, 6.07) is 11.7. The van der Waals surface area contributed by atoms with Crippen LogP contribution in [0.3, 0.4) is 0 Å². The molecule has 0 amide bonds. The van der Waals surface area contributed by atoms with Crippen LogP contribution in [0.2, 0.25) is 0 Å². The maximum atomic E-state index is 5.99. The summed E-state index contributed by atoms with van der Waals surface area (Å²) in [6.45, 7) is 3.26. The number of alkyl halides is 6. The van der Waals surface area contributed by atoms with E-state index < -0.39 is 7.59 Å². The van der Waals surface area contributed by atoms with Crippen LogP contribution in [0.25, 0.3) is 22.2 Å². The first-order chi connectivity index (χ1) is 13.6. The van der Waals surface area contributed by atoms with Crippen molar-refractivity contribution in [1.29, 1.82) is 0 Å². The summed E-state index contributed by atoms with van der Waals surface area (Å²) in [4.78, 5) is 12.7. The van der Waals surface area contributed by atoms with Crippen LogP contribution in [-0.2, 0) is 18.7 Å². The average Bonchev–Trinajstić information content (AvgIpc) is 2.66. The topological polar surface area (TPSA) is 47.9 Å². The normalized spacial score (nSPS) is 12.5. The summed E-state index contributed by atoms with van der Waals surface area (Å²) in [6.07, 6.45) is 0.768. The third kappa shape index (κ3) is 5.56. The van der Waals surface area contributed by atoms with Crippen molar-refractivity contribution >= 4 is 80.4 Å². The van der Waals surface area contributed by atoms with E-state index in [9.17, 15) is 0 Å². The number of fused-ring (bicyclic) bond motifs is 1. The van der Waals surface area contributed by atoms with E-state index in [-0.39, 0.29) is 17.5 Å². The van der Waals surface area contributed by atoms with Gasteiger partial charge in [-0.15, -0.1) is 0 Å². The van der Waals surface area contributed by atoms with Crippen LogP contribution in [-0.4, -0.2) is 28.2 Å². The van der Waals surface area contributed by atoms with Crippen LogP contribution < -0.4 is 0 Å². The molecule has 0 spiro atoms. The Bertz CT molecular complexity index is 985. The second-order valence-corrected chi connectivity index (χ2v) is 10.6. The second-order valence-electron chi connectivity index (χ2n) is 6.07. The zero-order valence-corrected chi connectivity index (χ0v) is 19.6. The van der Waals surface area contributed by atoms with Gasteiger partial charge < -0.3 is 4.74 Å². The summed E-state index contributed by atoms with van der Waals surface area (Å²) < 4.78 is 1.67. The van der Waals surface area contributed by atoms with Gasteiger partial charge in [0.15, 0.2) is 17.5 Å². The Morgan fingerprint density at radius 3 is 1.93 bits per heavy atom. The van der Waals surface area contributed by atoms with Crippen molar-refractivity contribution in [2.75, 3.05) is 13.2 Å². The van der Waals surface area contributed by atoms with Crippen molar-refractivity contribution in [3.8, 4) is 11.4 Å². The lowest BCUT2D eigenvalue weighted by molar-refractivity contribution is 0.151. The van der Waals surface area contributed by atoms with Crippen LogP contribution in [0.4, 0.5) is 0 Å². The van der Waals surface area contributed by atoms with E-state index in [4.69, 9.17) is 74.3 Å². The van der Waals surface area contributed by atoms with Crippen molar-refractivity contribution in [1.82, 2.24) is 15.0 Å². The van der Waals surface area contributed by atoms with Crippen molar-refractivity contribution in [2.45, 2.75) is 20.9 Å². The highest BCUT2D eigenvalue weighted by molar-refractivity contribution is 6.67. The van der Waals surface area contributed by atoms with Crippen molar-refractivity contribution in [3.63, 3.8) is 0 Å². The molecule has 154 valence electrons. The van der Waals surface area contributed by atoms with E-state index in [2.05, 4.69) is 15.0 Å². The van der Waals surface area contributed by atoms with E-state index in [1.165, 1.54) is 0 Å². The molecule has 4 nitrogen and oxygen atoms in total. The highest BCUT2D eigenvalue weighted by atomic mass is 35.6. The summed E-state index contributed by atoms with van der Waals surface area (Å²) in [5, 5.41) is 1.95. The molecule has 0 fully saturated rings. The minimum absolute atomic E-state index is 0.127. The van der Waals surface area contributed by atoms with Gasteiger partial charge in [0.2, 0.25) is 7.59 Å². The number of hydrogen-bond donors (Lipinski definition) is 0. The van der Waals surface area contributed by atoms with E-state index in [1.54, 1.807) is 0 Å². The van der Waals surface area contributed by atoms with Crippen molar-refractivity contribution < 1.29 is 4.74 Å². The smallest absolute Gasteiger partial charge is 0.250 e. The molecular formula is C19H15Cl6N3O. The average molecular weight is 514 g/mol. The lowest BCUT2D eigenvalue weighted by Gasteiger charge is -2.17. The number of rotatable bonds is 5. The van der Waals surface area contributed by atoms with Crippen molar-refractivity contribution in [3.05, 3.63) is 53.6 Å². The first kappa shape index (κ1) is 23.1. The van der Waals surface area contributed by atoms with Gasteiger partial charge in [-0.2, -0.15) is 0 Å². The Morgan fingerprint density at radius 1 is 0.793 bits per heavy atom. The Morgan fingerprint density at radius 2 is 1.38 bits per heavy atom. The third-order valence-electron chi connectivity index (χ3n) is 4.12. The molecule has 0 aliphatic heterocycles. The molecule has 0 N–H and O–H groups in total. The monoisotopic (exact) mass is 511 g/mol. The second kappa shape index (κ2) is 9.27. The van der Waals surface area contributed by atoms with Gasteiger partial charge in [0.05, 0.1) is 6.61 Å². The highest BCUT2D eigenvalue weighted by Gasteiger charge is 2.34. The van der Waals surface area contributed by atoms with Gasteiger partial charge >= 0.3 is 0 Å². The molecule has 0 atom stereocenters. The summed E-state index contributed by atoms with van der Waals surface area (Å²) in [5.41, 5.74) is 1.84. The van der Waals surface area contributed by atoms with E-state index >= 15 is 0 Å². The Labute approximate surface area is 198 Å². The Kier molecular flexibility index (Phi) is 7.38. The van der Waals surface area contributed by atoms with Gasteiger partial charge in [0.25, 0.3) is 0 Å². The molecule has 1 heterocycles. The van der Waals surface area contributed by atoms with Gasteiger partial charge in [-0.3, -0.25) is 0 Å². The van der Waals surface area contributed by atoms with Crippen LogP contribution in [0.15, 0.2) is 36.4 Å². The first-order valence-electron chi connectivity index (χ1n) is 8.60. The molecule has 0 radical (unpaired) electrons. The van der Waals surface area contributed by atoms with Crippen LogP contribution in [0, 0.1) is 0 Å². The van der Waals surface area contributed by atoms with E-state index in [1.807, 2.05) is 43.3 Å². The number of aromatic nitrogens is 3. The summed E-state index contributed by atoms with van der Waals surface area (Å²) >= 11 is 35.9. The molecule has 3 rings (SSSR count). The van der Waals surface area contributed by atoms with Gasteiger partial charge in [0, 0.05) is 12.2 Å². The van der Waals surface area contributed by atoms with Crippen LogP contribution in [0.1, 0.15) is 24.1 Å². The predicted molar refractivity (Wildman–Crippen MR) is 121 cm³/mol. The van der Waals surface area contributed by atoms with E-state index in [0.29, 0.717) is 18.8 Å². The fourth-order valence-electron chi connectivity index (χ4n) is 2.85. The highest BCUT2D eigenvalue weighted by Crippen LogP contribution is 2.41. The standard InChI is InChI=1S/C19H15Cl6N3O/c1-2-29-10-9-11-7-8-14(13-6-4-3-5-12(11)13)15-26-16(18(20,21)22)28-17(27-15)19(23,24)25/h3-8H,2,9-10H2,1H3. The first-order valence-corrected chi connectivity index (χ1v) is 10.9. The molecule has 0 saturated carbocycles. The summed E-state index contributed by atoms with van der Waals surface area (Å²) in [5.74, 6) is -0.00753. The quantitative estimate of drug-likeness (QED) is 0.274. The fourth-order valence-corrected chi connectivity index (χ4v) is 3.36. The number of ether oxygens (including phenoxy) is 1. The molecule has 0 saturated heterocycles. The lowest BCUT2D eigenvalue weighted by atomic mass is 9.97. The minimum Gasteiger partial charge on any atom is -0.381 e.